The first kappa shape index (κ1) is 31.2. The van der Waals surface area contributed by atoms with Gasteiger partial charge in [-0.15, -0.1) is 11.8 Å². The van der Waals surface area contributed by atoms with E-state index in [9.17, 15) is 14.7 Å². The monoisotopic (exact) mass is 613 g/mol. The minimum atomic E-state index is -0.856. The van der Waals surface area contributed by atoms with Gasteiger partial charge in [-0.05, 0) is 41.0 Å². The summed E-state index contributed by atoms with van der Waals surface area (Å²) >= 11 is 1.62. The molecule has 0 bridgehead atoms. The number of hydrogen-bond donors (Lipinski definition) is 3. The molecule has 4 unspecified atom stereocenters. The summed E-state index contributed by atoms with van der Waals surface area (Å²) < 4.78 is 17.8. The van der Waals surface area contributed by atoms with Crippen molar-refractivity contribution in [1.29, 1.82) is 0 Å². The average Bonchev–Trinajstić information content (AvgIpc) is 3.07. The number of pyridine rings is 1. The molecule has 0 aliphatic carbocycles. The molecule has 4 aromatic rings. The summed E-state index contributed by atoms with van der Waals surface area (Å²) in [6, 6.07) is 28.8. The maximum atomic E-state index is 13.0. The van der Waals surface area contributed by atoms with E-state index in [0.29, 0.717) is 24.3 Å². The molecule has 0 spiro atoms. The van der Waals surface area contributed by atoms with Crippen LogP contribution in [0.5, 0.6) is 0 Å². The highest BCUT2D eigenvalue weighted by atomic mass is 32.2. The normalized spacial score (nSPS) is 18.6. The van der Waals surface area contributed by atoms with E-state index in [2.05, 4.69) is 15.6 Å². The second-order valence-corrected chi connectivity index (χ2v) is 11.4. The average molecular weight is 614 g/mol. The molecule has 1 saturated heterocycles. The number of amides is 2. The molecule has 0 saturated carbocycles. The molecular formula is C34H35N3O6S. The van der Waals surface area contributed by atoms with Gasteiger partial charge in [-0.3, -0.25) is 0 Å². The van der Waals surface area contributed by atoms with Crippen molar-refractivity contribution in [3.63, 3.8) is 0 Å². The number of hydrogen-bond acceptors (Lipinski definition) is 8. The molecule has 1 aliphatic heterocycles. The Hall–Kier alpha value is -4.22. The molecule has 10 heteroatoms. The third-order valence-electron chi connectivity index (χ3n) is 7.16. The van der Waals surface area contributed by atoms with Gasteiger partial charge in [0, 0.05) is 36.0 Å². The molecular weight excluding hydrogens is 578 g/mol. The summed E-state index contributed by atoms with van der Waals surface area (Å²) in [7, 11) is 1.30. The fourth-order valence-corrected chi connectivity index (χ4v) is 5.79. The third-order valence-corrected chi connectivity index (χ3v) is 8.24. The summed E-state index contributed by atoms with van der Waals surface area (Å²) in [5.74, 6) is 0.146. The Morgan fingerprint density at radius 2 is 1.75 bits per heavy atom. The van der Waals surface area contributed by atoms with Gasteiger partial charge < -0.3 is 30.0 Å². The van der Waals surface area contributed by atoms with Crippen LogP contribution in [0, 0.1) is 0 Å². The number of nitrogens with zero attached hydrogens (tertiary/aromatic N) is 1. The number of nitrogens with one attached hydrogen (secondary N) is 2. The van der Waals surface area contributed by atoms with Crippen molar-refractivity contribution in [3.8, 4) is 0 Å². The smallest absolute Gasteiger partial charge is 0.328 e. The van der Waals surface area contributed by atoms with Gasteiger partial charge >= 0.3 is 12.0 Å². The zero-order chi connectivity index (χ0) is 30.7. The van der Waals surface area contributed by atoms with Crippen molar-refractivity contribution in [1.82, 2.24) is 10.3 Å². The van der Waals surface area contributed by atoms with Gasteiger partial charge in [-0.1, -0.05) is 72.8 Å². The largest absolute Gasteiger partial charge is 0.467 e. The molecule has 4 atom stereocenters. The van der Waals surface area contributed by atoms with Crippen LogP contribution in [0.2, 0.25) is 0 Å². The van der Waals surface area contributed by atoms with Gasteiger partial charge in [0.15, 0.2) is 6.29 Å². The number of aliphatic hydroxyl groups is 1. The number of carbonyl (C=O) groups is 2. The maximum Gasteiger partial charge on any atom is 0.328 e. The fraction of sp³-hybridized carbons (Fsp3) is 0.265. The third kappa shape index (κ3) is 8.67. The molecule has 3 N–H and O–H groups in total. The zero-order valence-electron chi connectivity index (χ0n) is 24.3. The quantitative estimate of drug-likeness (QED) is 0.143. The number of carbonyl (C=O) groups excluding carboxylic acids is 2. The molecule has 228 valence electrons. The van der Waals surface area contributed by atoms with Crippen molar-refractivity contribution >= 4 is 29.4 Å². The lowest BCUT2D eigenvalue weighted by Gasteiger charge is -2.36. The second kappa shape index (κ2) is 15.5. The van der Waals surface area contributed by atoms with E-state index in [0.717, 1.165) is 27.3 Å². The molecule has 9 nitrogen and oxygen atoms in total. The standard InChI is InChI=1S/C34H35N3O6S/c1-41-32(39)29(18-23-8-3-2-4-9-23)37-34(40)36-27-11-7-10-26(19-27)33-42-28(22-44-31-12-5-6-17-35-31)20-30(43-33)25-15-13-24(21-38)14-16-25/h2-17,19,28-30,33,38H,18,20-22H2,1H3,(H2,36,37,40). The summed E-state index contributed by atoms with van der Waals surface area (Å²) in [5.41, 5.74) is 3.97. The van der Waals surface area contributed by atoms with Gasteiger partial charge in [0.25, 0.3) is 0 Å². The first-order chi connectivity index (χ1) is 21.5. The summed E-state index contributed by atoms with van der Waals surface area (Å²) in [4.78, 5) is 29.8. The van der Waals surface area contributed by atoms with Crippen LogP contribution in [-0.4, -0.2) is 47.1 Å². The first-order valence-electron chi connectivity index (χ1n) is 14.3. The van der Waals surface area contributed by atoms with E-state index in [1.807, 2.05) is 84.9 Å². The first-order valence-corrected chi connectivity index (χ1v) is 15.3. The number of ether oxygens (including phenoxy) is 3. The zero-order valence-corrected chi connectivity index (χ0v) is 25.1. The van der Waals surface area contributed by atoms with Crippen molar-refractivity contribution < 1.29 is 28.9 Å². The summed E-state index contributed by atoms with van der Waals surface area (Å²) in [6.45, 7) is -0.0269. The van der Waals surface area contributed by atoms with Crippen molar-refractivity contribution in [2.45, 2.75) is 49.0 Å². The van der Waals surface area contributed by atoms with E-state index in [1.165, 1.54) is 7.11 Å². The van der Waals surface area contributed by atoms with Gasteiger partial charge in [-0.25, -0.2) is 14.6 Å². The molecule has 3 aromatic carbocycles. The molecule has 2 heterocycles. The number of thioether (sulfide) groups is 1. The van der Waals surface area contributed by atoms with E-state index < -0.39 is 24.3 Å². The van der Waals surface area contributed by atoms with E-state index in [1.54, 1.807) is 30.1 Å². The fourth-order valence-electron chi connectivity index (χ4n) is 4.91. The Balaban J connectivity index is 1.29. The molecule has 44 heavy (non-hydrogen) atoms. The summed E-state index contributed by atoms with van der Waals surface area (Å²) in [5, 5.41) is 15.9. The Morgan fingerprint density at radius 3 is 2.48 bits per heavy atom. The number of aromatic nitrogens is 1. The molecule has 1 fully saturated rings. The van der Waals surface area contributed by atoms with Crippen LogP contribution in [0.15, 0.2) is 108 Å². The summed E-state index contributed by atoms with van der Waals surface area (Å²) in [6.07, 6.45) is 1.64. The van der Waals surface area contributed by atoms with Gasteiger partial charge in [-0.2, -0.15) is 0 Å². The number of aliphatic hydroxyl groups excluding tert-OH is 1. The topological polar surface area (TPSA) is 119 Å². The number of anilines is 1. The lowest BCUT2D eigenvalue weighted by Crippen LogP contribution is -2.45. The van der Waals surface area contributed by atoms with Gasteiger partial charge in [0.1, 0.15) is 6.04 Å². The number of methoxy groups -OCH3 is 1. The van der Waals surface area contributed by atoms with Crippen LogP contribution in [0.1, 0.15) is 41.1 Å². The minimum Gasteiger partial charge on any atom is -0.467 e. The Morgan fingerprint density at radius 1 is 0.955 bits per heavy atom. The Bertz CT molecular complexity index is 1510. The van der Waals surface area contributed by atoms with Crippen LogP contribution in [-0.2, 0) is 32.0 Å². The highest BCUT2D eigenvalue weighted by Gasteiger charge is 2.32. The van der Waals surface area contributed by atoms with E-state index in [-0.39, 0.29) is 18.8 Å². The number of rotatable bonds is 11. The maximum absolute atomic E-state index is 13.0. The van der Waals surface area contributed by atoms with Crippen LogP contribution in [0.3, 0.4) is 0 Å². The van der Waals surface area contributed by atoms with Crippen LogP contribution in [0.25, 0.3) is 0 Å². The van der Waals surface area contributed by atoms with Crippen LogP contribution < -0.4 is 10.6 Å². The van der Waals surface area contributed by atoms with Crippen LogP contribution >= 0.6 is 11.8 Å². The predicted molar refractivity (Wildman–Crippen MR) is 168 cm³/mol. The van der Waals surface area contributed by atoms with Crippen LogP contribution in [0.4, 0.5) is 10.5 Å². The van der Waals surface area contributed by atoms with Gasteiger partial charge in [0.2, 0.25) is 0 Å². The van der Waals surface area contributed by atoms with E-state index in [4.69, 9.17) is 14.2 Å². The number of esters is 1. The molecule has 5 rings (SSSR count). The lowest BCUT2D eigenvalue weighted by atomic mass is 10.0. The highest BCUT2D eigenvalue weighted by molar-refractivity contribution is 7.99. The number of benzene rings is 3. The van der Waals surface area contributed by atoms with Crippen molar-refractivity contribution in [2.24, 2.45) is 0 Å². The molecule has 2 amide bonds. The Kier molecular flexibility index (Phi) is 11.0. The van der Waals surface area contributed by atoms with Crippen molar-refractivity contribution in [2.75, 3.05) is 18.2 Å². The van der Waals surface area contributed by atoms with Crippen molar-refractivity contribution in [3.05, 3.63) is 126 Å². The highest BCUT2D eigenvalue weighted by Crippen LogP contribution is 2.39. The number of urea groups is 1. The SMILES string of the molecule is COC(=O)C(Cc1ccccc1)NC(=O)Nc1cccc(C2OC(CSc3ccccn3)CC(c3ccc(CO)cc3)O2)c1. The Labute approximate surface area is 261 Å². The van der Waals surface area contributed by atoms with E-state index >= 15 is 0 Å². The molecule has 1 aromatic heterocycles. The predicted octanol–water partition coefficient (Wildman–Crippen LogP) is 5.82. The molecule has 0 radical (unpaired) electrons. The van der Waals surface area contributed by atoms with Gasteiger partial charge in [0.05, 0.1) is 31.0 Å². The lowest BCUT2D eigenvalue weighted by molar-refractivity contribution is -0.245. The molecule has 1 aliphatic rings. The second-order valence-electron chi connectivity index (χ2n) is 10.3. The minimum absolute atomic E-state index is 0.0269.